The summed E-state index contributed by atoms with van der Waals surface area (Å²) in [5.74, 6) is -0.660. The van der Waals surface area contributed by atoms with Crippen LogP contribution in [-0.2, 0) is 12.8 Å². The molecule has 3 N–H and O–H groups in total. The minimum absolute atomic E-state index is 0.340. The van der Waals surface area contributed by atoms with E-state index in [-0.39, 0.29) is 5.91 Å². The van der Waals surface area contributed by atoms with E-state index in [1.165, 1.54) is 42.0 Å². The summed E-state index contributed by atoms with van der Waals surface area (Å²) in [6.07, 6.45) is 5.10. The minimum Gasteiger partial charge on any atom is -0.365 e. The van der Waals surface area contributed by atoms with E-state index < -0.39 is 11.7 Å². The molecule has 1 aromatic heterocycles. The van der Waals surface area contributed by atoms with Crippen molar-refractivity contribution >= 4 is 28.2 Å². The van der Waals surface area contributed by atoms with Crippen LogP contribution in [0.4, 0.5) is 9.39 Å². The summed E-state index contributed by atoms with van der Waals surface area (Å²) < 4.78 is 13.0. The van der Waals surface area contributed by atoms with Crippen LogP contribution in [0, 0.1) is 11.7 Å². The molecule has 6 heteroatoms. The number of halogens is 1. The van der Waals surface area contributed by atoms with E-state index in [2.05, 4.69) is 12.2 Å². The Labute approximate surface area is 150 Å². The number of nitrogens with one attached hydrogen (secondary N) is 1. The predicted molar refractivity (Wildman–Crippen MR) is 97.6 cm³/mol. The zero-order valence-electron chi connectivity index (χ0n) is 14.1. The van der Waals surface area contributed by atoms with Gasteiger partial charge < -0.3 is 11.1 Å². The second-order valence-corrected chi connectivity index (χ2v) is 7.54. The third-order valence-electron chi connectivity index (χ3n) is 4.64. The number of nitrogens with two attached hydrogens (primary N) is 1. The first-order valence-corrected chi connectivity index (χ1v) is 9.32. The quantitative estimate of drug-likeness (QED) is 0.841. The SMILES string of the molecule is CCCC1CCc2c(sc(NC(=O)c3ccc(F)cc3)c2C(N)=O)C1. The molecule has 1 atom stereocenters. The van der Waals surface area contributed by atoms with Crippen LogP contribution in [0.25, 0.3) is 0 Å². The molecular weight excluding hydrogens is 339 g/mol. The highest BCUT2D eigenvalue weighted by molar-refractivity contribution is 7.17. The van der Waals surface area contributed by atoms with Crippen LogP contribution in [0.1, 0.15) is 57.3 Å². The number of thiophene rings is 1. The number of amides is 2. The van der Waals surface area contributed by atoms with E-state index in [0.717, 1.165) is 36.1 Å². The molecule has 0 saturated heterocycles. The number of rotatable bonds is 5. The third kappa shape index (κ3) is 3.74. The largest absolute Gasteiger partial charge is 0.365 e. The fourth-order valence-electron chi connectivity index (χ4n) is 3.43. The zero-order chi connectivity index (χ0) is 18.0. The van der Waals surface area contributed by atoms with Crippen molar-refractivity contribution in [1.29, 1.82) is 0 Å². The predicted octanol–water partition coefficient (Wildman–Crippen LogP) is 4.14. The number of fused-ring (bicyclic) bond motifs is 1. The average molecular weight is 360 g/mol. The maximum Gasteiger partial charge on any atom is 0.256 e. The average Bonchev–Trinajstić information content (AvgIpc) is 2.92. The van der Waals surface area contributed by atoms with Crippen molar-refractivity contribution in [2.45, 2.75) is 39.0 Å². The second kappa shape index (κ2) is 7.35. The highest BCUT2D eigenvalue weighted by Gasteiger charge is 2.28. The molecule has 0 spiro atoms. The number of benzene rings is 1. The summed E-state index contributed by atoms with van der Waals surface area (Å²) >= 11 is 1.44. The summed E-state index contributed by atoms with van der Waals surface area (Å²) in [6, 6.07) is 5.30. The molecule has 1 aliphatic carbocycles. The smallest absolute Gasteiger partial charge is 0.256 e. The maximum absolute atomic E-state index is 13.0. The number of primary amides is 1. The Kier molecular flexibility index (Phi) is 5.18. The Bertz CT molecular complexity index is 799. The molecule has 2 amide bonds. The van der Waals surface area contributed by atoms with Crippen molar-refractivity contribution in [2.24, 2.45) is 11.7 Å². The molecule has 4 nitrogen and oxygen atoms in total. The van der Waals surface area contributed by atoms with Crippen molar-refractivity contribution in [3.05, 3.63) is 51.7 Å². The van der Waals surface area contributed by atoms with Gasteiger partial charge in [-0.2, -0.15) is 0 Å². The molecule has 1 unspecified atom stereocenters. The van der Waals surface area contributed by atoms with Crippen molar-refractivity contribution in [2.75, 3.05) is 5.32 Å². The van der Waals surface area contributed by atoms with Crippen molar-refractivity contribution in [3.8, 4) is 0 Å². The third-order valence-corrected chi connectivity index (χ3v) is 5.81. The molecule has 0 bridgehead atoms. The zero-order valence-corrected chi connectivity index (χ0v) is 14.9. The molecule has 0 saturated carbocycles. The molecule has 2 aromatic rings. The summed E-state index contributed by atoms with van der Waals surface area (Å²) in [5.41, 5.74) is 7.34. The lowest BCUT2D eigenvalue weighted by atomic mass is 9.84. The maximum atomic E-state index is 13.0. The summed E-state index contributed by atoms with van der Waals surface area (Å²) in [7, 11) is 0. The Morgan fingerprint density at radius 1 is 1.32 bits per heavy atom. The van der Waals surface area contributed by atoms with Crippen LogP contribution in [0.15, 0.2) is 24.3 Å². The second-order valence-electron chi connectivity index (χ2n) is 6.43. The van der Waals surface area contributed by atoms with Gasteiger partial charge in [0.1, 0.15) is 10.8 Å². The van der Waals surface area contributed by atoms with E-state index in [0.29, 0.717) is 22.0 Å². The lowest BCUT2D eigenvalue weighted by molar-refractivity contribution is 0.1000. The summed E-state index contributed by atoms with van der Waals surface area (Å²) in [6.45, 7) is 2.17. The van der Waals surface area contributed by atoms with Gasteiger partial charge >= 0.3 is 0 Å². The van der Waals surface area contributed by atoms with Crippen molar-refractivity contribution in [1.82, 2.24) is 0 Å². The van der Waals surface area contributed by atoms with Crippen LogP contribution in [-0.4, -0.2) is 11.8 Å². The van der Waals surface area contributed by atoms with Gasteiger partial charge in [0.25, 0.3) is 11.8 Å². The van der Waals surface area contributed by atoms with Crippen molar-refractivity contribution in [3.63, 3.8) is 0 Å². The van der Waals surface area contributed by atoms with Gasteiger partial charge in [0.15, 0.2) is 0 Å². The van der Waals surface area contributed by atoms with Crippen LogP contribution in [0.2, 0.25) is 0 Å². The molecule has 0 fully saturated rings. The van der Waals surface area contributed by atoms with Gasteiger partial charge in [0.2, 0.25) is 0 Å². The highest BCUT2D eigenvalue weighted by atomic mass is 32.1. The molecule has 1 aliphatic rings. The first-order valence-electron chi connectivity index (χ1n) is 8.50. The Balaban J connectivity index is 1.87. The van der Waals surface area contributed by atoms with E-state index in [9.17, 15) is 14.0 Å². The van der Waals surface area contributed by atoms with Gasteiger partial charge in [-0.15, -0.1) is 11.3 Å². The monoisotopic (exact) mass is 360 g/mol. The van der Waals surface area contributed by atoms with Crippen LogP contribution >= 0.6 is 11.3 Å². The van der Waals surface area contributed by atoms with E-state index in [1.807, 2.05) is 0 Å². The first-order chi connectivity index (χ1) is 12.0. The number of anilines is 1. The fourth-order valence-corrected chi connectivity index (χ4v) is 4.80. The lowest BCUT2D eigenvalue weighted by Gasteiger charge is -2.21. The molecule has 1 heterocycles. The molecule has 0 aliphatic heterocycles. The number of carbonyl (C=O) groups is 2. The Hall–Kier alpha value is -2.21. The summed E-state index contributed by atoms with van der Waals surface area (Å²) in [5, 5.41) is 3.29. The van der Waals surface area contributed by atoms with Crippen LogP contribution in [0.5, 0.6) is 0 Å². The highest BCUT2D eigenvalue weighted by Crippen LogP contribution is 2.40. The van der Waals surface area contributed by atoms with Crippen molar-refractivity contribution < 1.29 is 14.0 Å². The van der Waals surface area contributed by atoms with Gasteiger partial charge in [-0.3, -0.25) is 9.59 Å². The molecular formula is C19H21FN2O2S. The van der Waals surface area contributed by atoms with Gasteiger partial charge in [-0.05, 0) is 55.0 Å². The fraction of sp³-hybridized carbons (Fsp3) is 0.368. The number of hydrogen-bond donors (Lipinski definition) is 2. The van der Waals surface area contributed by atoms with E-state index >= 15 is 0 Å². The Morgan fingerprint density at radius 2 is 2.04 bits per heavy atom. The Morgan fingerprint density at radius 3 is 2.68 bits per heavy atom. The minimum atomic E-state index is -0.513. The molecule has 1 aromatic carbocycles. The first kappa shape index (κ1) is 17.6. The molecule has 0 radical (unpaired) electrons. The van der Waals surface area contributed by atoms with Gasteiger partial charge in [0.05, 0.1) is 5.56 Å². The number of carbonyl (C=O) groups excluding carboxylic acids is 2. The van der Waals surface area contributed by atoms with E-state index in [1.54, 1.807) is 0 Å². The van der Waals surface area contributed by atoms with Gasteiger partial charge in [-0.1, -0.05) is 19.8 Å². The topological polar surface area (TPSA) is 72.2 Å². The van der Waals surface area contributed by atoms with E-state index in [4.69, 9.17) is 5.73 Å². The normalized spacial score (nSPS) is 16.3. The molecule has 132 valence electrons. The molecule has 3 rings (SSSR count). The number of hydrogen-bond acceptors (Lipinski definition) is 3. The van der Waals surface area contributed by atoms with Crippen LogP contribution in [0.3, 0.4) is 0 Å². The van der Waals surface area contributed by atoms with Crippen LogP contribution < -0.4 is 11.1 Å². The van der Waals surface area contributed by atoms with Gasteiger partial charge in [0, 0.05) is 10.4 Å². The van der Waals surface area contributed by atoms with Gasteiger partial charge in [-0.25, -0.2) is 4.39 Å². The lowest BCUT2D eigenvalue weighted by Crippen LogP contribution is -2.20. The summed E-state index contributed by atoms with van der Waals surface area (Å²) in [4.78, 5) is 25.5. The molecule has 25 heavy (non-hydrogen) atoms. The standard InChI is InChI=1S/C19H21FN2O2S/c1-2-3-11-4-9-14-15(10-11)25-19(16(14)17(21)23)22-18(24)12-5-7-13(20)8-6-12/h5-8,11H,2-4,9-10H2,1H3,(H2,21,23)(H,22,24).